The normalized spacial score (nSPS) is 20.8. The predicted molar refractivity (Wildman–Crippen MR) is 85.3 cm³/mol. The van der Waals surface area contributed by atoms with Gasteiger partial charge in [0.05, 0.1) is 0 Å². The highest BCUT2D eigenvalue weighted by Crippen LogP contribution is 2.24. The Bertz CT molecular complexity index is 382. The summed E-state index contributed by atoms with van der Waals surface area (Å²) in [5, 5.41) is 0. The van der Waals surface area contributed by atoms with Crippen LogP contribution in [0.5, 0.6) is 0 Å². The molecule has 19 heavy (non-hydrogen) atoms. The number of hydrogen-bond acceptors (Lipinski definition) is 2. The van der Waals surface area contributed by atoms with Crippen molar-refractivity contribution in [2.24, 2.45) is 5.73 Å². The summed E-state index contributed by atoms with van der Waals surface area (Å²) in [5.74, 6) is 0. The quantitative estimate of drug-likeness (QED) is 0.917. The molecule has 1 saturated heterocycles. The van der Waals surface area contributed by atoms with E-state index >= 15 is 0 Å². The highest BCUT2D eigenvalue weighted by molar-refractivity contribution is 9.10. The van der Waals surface area contributed by atoms with E-state index in [2.05, 4.69) is 52.0 Å². The lowest BCUT2D eigenvalue weighted by Crippen LogP contribution is -2.53. The Hall–Kier alpha value is -0.380. The number of nitrogens with zero attached hydrogens (tertiary/aromatic N) is 1. The molecule has 2 nitrogen and oxygen atoms in total. The fourth-order valence-electron chi connectivity index (χ4n) is 2.97. The number of nitrogens with two attached hydrogens (primary N) is 1. The first kappa shape index (κ1) is 15.0. The molecule has 106 valence electrons. The van der Waals surface area contributed by atoms with Crippen LogP contribution in [0.2, 0.25) is 0 Å². The van der Waals surface area contributed by atoms with Gasteiger partial charge >= 0.3 is 0 Å². The molecule has 0 amide bonds. The maximum atomic E-state index is 6.12. The molecule has 0 radical (unpaired) electrons. The number of rotatable bonds is 4. The van der Waals surface area contributed by atoms with Gasteiger partial charge in [-0.2, -0.15) is 0 Å². The molecule has 0 bridgehead atoms. The van der Waals surface area contributed by atoms with Gasteiger partial charge in [-0.05, 0) is 57.0 Å². The first-order valence-corrected chi connectivity index (χ1v) is 8.13. The Morgan fingerprint density at radius 1 is 1.11 bits per heavy atom. The molecule has 0 aliphatic carbocycles. The molecule has 1 aliphatic rings. The summed E-state index contributed by atoms with van der Waals surface area (Å²) in [6.45, 7) is 5.44. The number of likely N-dealkylation sites (tertiary alicyclic amines) is 1. The van der Waals surface area contributed by atoms with E-state index in [9.17, 15) is 0 Å². The van der Waals surface area contributed by atoms with Crippen LogP contribution in [0, 0.1) is 0 Å². The lowest BCUT2D eigenvalue weighted by atomic mass is 9.90. The molecule has 0 aromatic heterocycles. The molecule has 2 N–H and O–H groups in total. The minimum absolute atomic E-state index is 0.0954. The van der Waals surface area contributed by atoms with E-state index in [1.165, 1.54) is 44.3 Å². The second-order valence-corrected chi connectivity index (χ2v) is 6.82. The summed E-state index contributed by atoms with van der Waals surface area (Å²) in [4.78, 5) is 2.61. The number of halogens is 1. The maximum absolute atomic E-state index is 6.12. The van der Waals surface area contributed by atoms with Crippen molar-refractivity contribution in [2.75, 3.05) is 19.6 Å². The topological polar surface area (TPSA) is 29.3 Å². The van der Waals surface area contributed by atoms with Gasteiger partial charge in [-0.25, -0.2) is 0 Å². The van der Waals surface area contributed by atoms with E-state index in [4.69, 9.17) is 5.73 Å². The monoisotopic (exact) mass is 324 g/mol. The van der Waals surface area contributed by atoms with Gasteiger partial charge in [-0.3, -0.25) is 4.90 Å². The van der Waals surface area contributed by atoms with Crippen LogP contribution in [0.4, 0.5) is 0 Å². The van der Waals surface area contributed by atoms with Crippen molar-refractivity contribution in [3.63, 3.8) is 0 Å². The molecule has 2 rings (SSSR count). The number of hydrogen-bond donors (Lipinski definition) is 1. The molecular formula is C16H25BrN2. The van der Waals surface area contributed by atoms with E-state index in [1.807, 2.05) is 0 Å². The SMILES string of the molecule is CC(CN)(Cc1ccc(Br)cc1)N1CCCCCC1. The molecule has 1 heterocycles. The summed E-state index contributed by atoms with van der Waals surface area (Å²) in [6.07, 6.45) is 6.41. The zero-order valence-corrected chi connectivity index (χ0v) is 13.5. The van der Waals surface area contributed by atoms with Crippen LogP contribution < -0.4 is 5.73 Å². The highest BCUT2D eigenvalue weighted by atomic mass is 79.9. The summed E-state index contributed by atoms with van der Waals surface area (Å²) in [6, 6.07) is 8.65. The molecule has 0 saturated carbocycles. The van der Waals surface area contributed by atoms with E-state index in [0.717, 1.165) is 17.4 Å². The van der Waals surface area contributed by atoms with Gasteiger partial charge in [0.2, 0.25) is 0 Å². The van der Waals surface area contributed by atoms with Gasteiger partial charge in [0, 0.05) is 16.6 Å². The van der Waals surface area contributed by atoms with Gasteiger partial charge in [-0.15, -0.1) is 0 Å². The van der Waals surface area contributed by atoms with Gasteiger partial charge in [-0.1, -0.05) is 40.9 Å². The zero-order chi connectivity index (χ0) is 13.7. The summed E-state index contributed by atoms with van der Waals surface area (Å²) >= 11 is 3.49. The van der Waals surface area contributed by atoms with Crippen molar-refractivity contribution < 1.29 is 0 Å². The van der Waals surface area contributed by atoms with Gasteiger partial charge < -0.3 is 5.73 Å². The fourth-order valence-corrected chi connectivity index (χ4v) is 3.23. The van der Waals surface area contributed by atoms with Crippen molar-refractivity contribution in [3.05, 3.63) is 34.3 Å². The minimum atomic E-state index is 0.0954. The third kappa shape index (κ3) is 4.04. The highest BCUT2D eigenvalue weighted by Gasteiger charge is 2.30. The van der Waals surface area contributed by atoms with Crippen molar-refractivity contribution in [1.29, 1.82) is 0 Å². The van der Waals surface area contributed by atoms with Crippen molar-refractivity contribution >= 4 is 15.9 Å². The maximum Gasteiger partial charge on any atom is 0.0343 e. The molecule has 1 unspecified atom stereocenters. The Labute approximate surface area is 125 Å². The first-order valence-electron chi connectivity index (χ1n) is 7.34. The molecule has 1 aliphatic heterocycles. The Morgan fingerprint density at radius 3 is 2.21 bits per heavy atom. The summed E-state index contributed by atoms with van der Waals surface area (Å²) < 4.78 is 1.14. The molecule has 1 aromatic rings. The van der Waals surface area contributed by atoms with Crippen molar-refractivity contribution in [2.45, 2.75) is 44.6 Å². The molecule has 1 atom stereocenters. The fraction of sp³-hybridized carbons (Fsp3) is 0.625. The van der Waals surface area contributed by atoms with Crippen LogP contribution in [0.25, 0.3) is 0 Å². The van der Waals surface area contributed by atoms with Gasteiger partial charge in [0.1, 0.15) is 0 Å². The third-order valence-corrected chi connectivity index (χ3v) is 4.84. The second kappa shape index (κ2) is 6.87. The standard InChI is InChI=1S/C16H25BrN2/c1-16(13-18,19-10-4-2-3-5-11-19)12-14-6-8-15(17)9-7-14/h6-9H,2-5,10-13,18H2,1H3. The largest absolute Gasteiger partial charge is 0.329 e. The molecule has 1 fully saturated rings. The Morgan fingerprint density at radius 2 is 1.68 bits per heavy atom. The molecule has 3 heteroatoms. The Balaban J connectivity index is 2.09. The Kier molecular flexibility index (Phi) is 5.43. The lowest BCUT2D eigenvalue weighted by Gasteiger charge is -2.40. The minimum Gasteiger partial charge on any atom is -0.329 e. The van der Waals surface area contributed by atoms with E-state index < -0.39 is 0 Å². The third-order valence-electron chi connectivity index (χ3n) is 4.31. The van der Waals surface area contributed by atoms with Crippen LogP contribution >= 0.6 is 15.9 Å². The summed E-state index contributed by atoms with van der Waals surface area (Å²) in [5.41, 5.74) is 7.59. The molecule has 0 spiro atoms. The van der Waals surface area contributed by atoms with Crippen molar-refractivity contribution in [3.8, 4) is 0 Å². The van der Waals surface area contributed by atoms with Gasteiger partial charge in [0.25, 0.3) is 0 Å². The second-order valence-electron chi connectivity index (χ2n) is 5.91. The van der Waals surface area contributed by atoms with E-state index in [1.54, 1.807) is 0 Å². The predicted octanol–water partition coefficient (Wildman–Crippen LogP) is 3.59. The first-order chi connectivity index (χ1) is 9.14. The average molecular weight is 325 g/mol. The van der Waals surface area contributed by atoms with Gasteiger partial charge in [0.15, 0.2) is 0 Å². The molecule has 1 aromatic carbocycles. The smallest absolute Gasteiger partial charge is 0.0343 e. The summed E-state index contributed by atoms with van der Waals surface area (Å²) in [7, 11) is 0. The van der Waals surface area contributed by atoms with E-state index in [-0.39, 0.29) is 5.54 Å². The van der Waals surface area contributed by atoms with Crippen LogP contribution in [0.1, 0.15) is 38.2 Å². The molecular weight excluding hydrogens is 300 g/mol. The zero-order valence-electron chi connectivity index (χ0n) is 11.9. The average Bonchev–Trinajstić information content (AvgIpc) is 2.71. The lowest BCUT2D eigenvalue weighted by molar-refractivity contribution is 0.114. The number of benzene rings is 1. The van der Waals surface area contributed by atoms with Crippen LogP contribution in [-0.4, -0.2) is 30.1 Å². The van der Waals surface area contributed by atoms with E-state index in [0.29, 0.717) is 0 Å². The van der Waals surface area contributed by atoms with Crippen LogP contribution in [0.3, 0.4) is 0 Å². The van der Waals surface area contributed by atoms with Crippen LogP contribution in [-0.2, 0) is 6.42 Å². The van der Waals surface area contributed by atoms with Crippen LogP contribution in [0.15, 0.2) is 28.7 Å². The van der Waals surface area contributed by atoms with Crippen molar-refractivity contribution in [1.82, 2.24) is 4.90 Å².